The van der Waals surface area contributed by atoms with Crippen LogP contribution < -0.4 is 0 Å². The van der Waals surface area contributed by atoms with Gasteiger partial charge in [0.25, 0.3) is 0 Å². The van der Waals surface area contributed by atoms with Crippen molar-refractivity contribution in [1.82, 2.24) is 0 Å². The third-order valence-electron chi connectivity index (χ3n) is 1.74. The Balaban J connectivity index is 0.000000396. The van der Waals surface area contributed by atoms with E-state index in [1.807, 2.05) is 24.3 Å². The summed E-state index contributed by atoms with van der Waals surface area (Å²) in [7, 11) is 0. The minimum absolute atomic E-state index is 0.942. The standard InChI is InChI=1S/C10H10O.C2H4/c1-2-6-9(5-1)11-10-7-3-4-8-10;1-2/h1-5,7H,6,8H2;1-2H2. The van der Waals surface area contributed by atoms with Crippen molar-refractivity contribution in [2.75, 3.05) is 0 Å². The second-order valence-electron chi connectivity index (χ2n) is 2.63. The Bertz CT molecular complexity index is 251. The minimum Gasteiger partial charge on any atom is -0.465 e. The molecule has 0 aliphatic heterocycles. The third kappa shape index (κ3) is 2.79. The molecule has 0 saturated carbocycles. The number of hydrogen-bond acceptors (Lipinski definition) is 1. The molecule has 13 heavy (non-hydrogen) atoms. The van der Waals surface area contributed by atoms with Crippen LogP contribution in [0.1, 0.15) is 12.8 Å². The van der Waals surface area contributed by atoms with Crippen molar-refractivity contribution in [1.29, 1.82) is 0 Å². The van der Waals surface area contributed by atoms with Crippen LogP contribution in [0.15, 0.2) is 61.1 Å². The molecule has 1 nitrogen and oxygen atoms in total. The normalized spacial score (nSPS) is 17.5. The molecule has 0 radical (unpaired) electrons. The van der Waals surface area contributed by atoms with Gasteiger partial charge in [-0.15, -0.1) is 13.2 Å². The molecule has 0 fully saturated rings. The van der Waals surface area contributed by atoms with E-state index in [4.69, 9.17) is 4.74 Å². The van der Waals surface area contributed by atoms with Crippen LogP contribution in [0.4, 0.5) is 0 Å². The summed E-state index contributed by atoms with van der Waals surface area (Å²) < 4.78 is 5.57. The summed E-state index contributed by atoms with van der Waals surface area (Å²) >= 11 is 0. The maximum Gasteiger partial charge on any atom is 0.107 e. The molecule has 0 unspecified atom stereocenters. The van der Waals surface area contributed by atoms with Gasteiger partial charge in [-0.3, -0.25) is 0 Å². The van der Waals surface area contributed by atoms with E-state index in [1.165, 1.54) is 0 Å². The summed E-state index contributed by atoms with van der Waals surface area (Å²) in [6.45, 7) is 6.00. The lowest BCUT2D eigenvalue weighted by atomic mass is 10.4. The van der Waals surface area contributed by atoms with E-state index in [0.717, 1.165) is 24.4 Å². The van der Waals surface area contributed by atoms with Crippen molar-refractivity contribution in [2.24, 2.45) is 0 Å². The SMILES string of the molecule is C1=CCC(OC2=CC=CC2)=C1.C=C. The molecule has 0 N–H and O–H groups in total. The maximum absolute atomic E-state index is 5.57. The second kappa shape index (κ2) is 5.20. The van der Waals surface area contributed by atoms with Gasteiger partial charge in [-0.25, -0.2) is 0 Å². The lowest BCUT2D eigenvalue weighted by molar-refractivity contribution is 0.296. The zero-order chi connectivity index (χ0) is 9.52. The van der Waals surface area contributed by atoms with Crippen molar-refractivity contribution in [3.63, 3.8) is 0 Å². The molecule has 2 aliphatic carbocycles. The van der Waals surface area contributed by atoms with E-state index < -0.39 is 0 Å². The first-order chi connectivity index (χ1) is 6.45. The van der Waals surface area contributed by atoms with E-state index in [0.29, 0.717) is 0 Å². The summed E-state index contributed by atoms with van der Waals surface area (Å²) in [6, 6.07) is 0. The molecule has 0 aromatic heterocycles. The van der Waals surface area contributed by atoms with Crippen molar-refractivity contribution in [2.45, 2.75) is 12.8 Å². The number of rotatable bonds is 2. The second-order valence-corrected chi connectivity index (χ2v) is 2.63. The van der Waals surface area contributed by atoms with E-state index in [2.05, 4.69) is 25.3 Å². The largest absolute Gasteiger partial charge is 0.465 e. The van der Waals surface area contributed by atoms with Gasteiger partial charge in [0, 0.05) is 12.8 Å². The molecular formula is C12H14O. The summed E-state index contributed by atoms with van der Waals surface area (Å²) in [5.74, 6) is 2.11. The molecule has 0 atom stereocenters. The van der Waals surface area contributed by atoms with Crippen LogP contribution in [-0.4, -0.2) is 0 Å². The molecule has 0 bridgehead atoms. The Kier molecular flexibility index (Phi) is 3.83. The summed E-state index contributed by atoms with van der Waals surface area (Å²) in [5.41, 5.74) is 0. The predicted octanol–water partition coefficient (Wildman–Crippen LogP) is 3.49. The van der Waals surface area contributed by atoms with Crippen molar-refractivity contribution in [3.8, 4) is 0 Å². The van der Waals surface area contributed by atoms with E-state index >= 15 is 0 Å². The van der Waals surface area contributed by atoms with Crippen molar-refractivity contribution >= 4 is 0 Å². The van der Waals surface area contributed by atoms with Crippen LogP contribution in [0.2, 0.25) is 0 Å². The highest BCUT2D eigenvalue weighted by atomic mass is 16.5. The average molecular weight is 174 g/mol. The minimum atomic E-state index is 0.942. The van der Waals surface area contributed by atoms with Gasteiger partial charge in [0.2, 0.25) is 0 Å². The highest BCUT2D eigenvalue weighted by Crippen LogP contribution is 2.20. The molecule has 0 heterocycles. The molecule has 0 aromatic carbocycles. The molecular weight excluding hydrogens is 160 g/mol. The van der Waals surface area contributed by atoms with E-state index in [-0.39, 0.29) is 0 Å². The third-order valence-corrected chi connectivity index (χ3v) is 1.74. The molecule has 2 aliphatic rings. The van der Waals surface area contributed by atoms with Crippen LogP contribution in [0.25, 0.3) is 0 Å². The van der Waals surface area contributed by atoms with Crippen LogP contribution in [0.3, 0.4) is 0 Å². The smallest absolute Gasteiger partial charge is 0.107 e. The van der Waals surface area contributed by atoms with E-state index in [9.17, 15) is 0 Å². The van der Waals surface area contributed by atoms with Gasteiger partial charge in [-0.1, -0.05) is 24.3 Å². The quantitative estimate of drug-likeness (QED) is 0.582. The summed E-state index contributed by atoms with van der Waals surface area (Å²) in [4.78, 5) is 0. The van der Waals surface area contributed by atoms with Gasteiger partial charge < -0.3 is 4.74 Å². The van der Waals surface area contributed by atoms with Gasteiger partial charge in [0.1, 0.15) is 11.5 Å². The van der Waals surface area contributed by atoms with Gasteiger partial charge in [-0.2, -0.15) is 0 Å². The van der Waals surface area contributed by atoms with Gasteiger partial charge in [0.15, 0.2) is 0 Å². The maximum atomic E-state index is 5.57. The lowest BCUT2D eigenvalue weighted by Gasteiger charge is -2.05. The number of ether oxygens (including phenoxy) is 1. The fraction of sp³-hybridized carbons (Fsp3) is 0.167. The molecule has 0 amide bonds. The van der Waals surface area contributed by atoms with Crippen LogP contribution in [0.5, 0.6) is 0 Å². The summed E-state index contributed by atoms with van der Waals surface area (Å²) in [6.07, 6.45) is 14.2. The molecule has 0 spiro atoms. The zero-order valence-corrected chi connectivity index (χ0v) is 7.70. The average Bonchev–Trinajstić information content (AvgIpc) is 2.81. The fourth-order valence-electron chi connectivity index (χ4n) is 1.17. The first kappa shape index (κ1) is 9.59. The van der Waals surface area contributed by atoms with Gasteiger partial charge in [0.05, 0.1) is 0 Å². The van der Waals surface area contributed by atoms with Crippen LogP contribution in [0, 0.1) is 0 Å². The Labute approximate surface area is 79.4 Å². The van der Waals surface area contributed by atoms with E-state index in [1.54, 1.807) is 0 Å². The highest BCUT2D eigenvalue weighted by molar-refractivity contribution is 5.24. The monoisotopic (exact) mass is 174 g/mol. The first-order valence-electron chi connectivity index (χ1n) is 4.34. The molecule has 2 rings (SSSR count). The first-order valence-corrected chi connectivity index (χ1v) is 4.34. The number of hydrogen-bond donors (Lipinski definition) is 0. The fourth-order valence-corrected chi connectivity index (χ4v) is 1.17. The Morgan fingerprint density at radius 1 is 0.923 bits per heavy atom. The van der Waals surface area contributed by atoms with Gasteiger partial charge in [-0.05, 0) is 12.2 Å². The zero-order valence-electron chi connectivity index (χ0n) is 7.70. The van der Waals surface area contributed by atoms with Crippen LogP contribution >= 0.6 is 0 Å². The lowest BCUT2D eigenvalue weighted by Crippen LogP contribution is -1.87. The highest BCUT2D eigenvalue weighted by Gasteiger charge is 2.04. The van der Waals surface area contributed by atoms with Crippen LogP contribution in [-0.2, 0) is 4.74 Å². The topological polar surface area (TPSA) is 9.23 Å². The molecule has 0 saturated heterocycles. The summed E-state index contributed by atoms with van der Waals surface area (Å²) in [5, 5.41) is 0. The van der Waals surface area contributed by atoms with Crippen molar-refractivity contribution in [3.05, 3.63) is 61.1 Å². The Morgan fingerprint density at radius 3 is 1.69 bits per heavy atom. The predicted molar refractivity (Wildman–Crippen MR) is 56.0 cm³/mol. The number of allylic oxidation sites excluding steroid dienone is 6. The molecule has 68 valence electrons. The van der Waals surface area contributed by atoms with Gasteiger partial charge >= 0.3 is 0 Å². The molecule has 0 aromatic rings. The molecule has 1 heteroatoms. The Morgan fingerprint density at radius 2 is 1.38 bits per heavy atom. The Hall–Kier alpha value is -1.50. The van der Waals surface area contributed by atoms with Crippen molar-refractivity contribution < 1.29 is 4.74 Å².